The van der Waals surface area contributed by atoms with Crippen LogP contribution in [0, 0.1) is 5.41 Å². The summed E-state index contributed by atoms with van der Waals surface area (Å²) in [6.07, 6.45) is 1.38. The van der Waals surface area contributed by atoms with Crippen molar-refractivity contribution in [1.29, 1.82) is 5.41 Å². The molecule has 0 atom stereocenters. The van der Waals surface area contributed by atoms with E-state index in [1.807, 2.05) is 30.3 Å². The van der Waals surface area contributed by atoms with Crippen molar-refractivity contribution < 1.29 is 4.84 Å². The molecule has 0 aliphatic rings. The Hall–Kier alpha value is -1.55. The first-order chi connectivity index (χ1) is 7.20. The lowest BCUT2D eigenvalue weighted by atomic mass is 10.2. The van der Waals surface area contributed by atoms with Crippen molar-refractivity contribution in [2.45, 2.75) is 6.61 Å². The second-order valence-electron chi connectivity index (χ2n) is 3.27. The molecule has 0 saturated heterocycles. The van der Waals surface area contributed by atoms with Crippen LogP contribution in [-0.4, -0.2) is 31.0 Å². The number of amidine groups is 1. The second-order valence-corrected chi connectivity index (χ2v) is 3.27. The molecule has 1 N–H and O–H groups in total. The summed E-state index contributed by atoms with van der Waals surface area (Å²) in [6.45, 7) is 0.429. The molecule has 0 bridgehead atoms. The molecule has 0 aromatic heterocycles. The predicted molar refractivity (Wildman–Crippen MR) is 68.4 cm³/mol. The van der Waals surface area contributed by atoms with Crippen molar-refractivity contribution in [1.82, 2.24) is 4.90 Å². The van der Waals surface area contributed by atoms with Crippen LogP contribution in [0.5, 0.6) is 0 Å². The van der Waals surface area contributed by atoms with Crippen molar-refractivity contribution in [2.75, 3.05) is 14.1 Å². The summed E-state index contributed by atoms with van der Waals surface area (Å²) in [6, 6.07) is 9.78. The summed E-state index contributed by atoms with van der Waals surface area (Å²) in [4.78, 5) is 6.69. The first kappa shape index (κ1) is 14.5. The molecule has 0 spiro atoms. The molecular formula is C11H16ClN3O. The molecule has 1 aromatic carbocycles. The average Bonchev–Trinajstić information content (AvgIpc) is 2.25. The Balaban J connectivity index is 0.00000225. The van der Waals surface area contributed by atoms with Crippen LogP contribution in [0.4, 0.5) is 0 Å². The van der Waals surface area contributed by atoms with Gasteiger partial charge in [-0.1, -0.05) is 35.5 Å². The highest BCUT2D eigenvalue weighted by atomic mass is 35.5. The van der Waals surface area contributed by atoms with Crippen LogP contribution in [0.2, 0.25) is 0 Å². The lowest BCUT2D eigenvalue weighted by Crippen LogP contribution is -2.21. The molecule has 5 heteroatoms. The number of nitrogens with one attached hydrogen (secondary N) is 1. The Morgan fingerprint density at radius 3 is 2.56 bits per heavy atom. The molecule has 0 amide bonds. The number of hydrogen-bond acceptors (Lipinski definition) is 3. The van der Waals surface area contributed by atoms with Gasteiger partial charge < -0.3 is 9.74 Å². The highest BCUT2D eigenvalue weighted by molar-refractivity contribution is 6.27. The zero-order valence-corrected chi connectivity index (χ0v) is 10.2. The minimum atomic E-state index is 0. The van der Waals surface area contributed by atoms with Gasteiger partial charge in [-0.05, 0) is 5.56 Å². The van der Waals surface area contributed by atoms with Crippen molar-refractivity contribution in [2.24, 2.45) is 5.16 Å². The summed E-state index contributed by atoms with van der Waals surface area (Å²) >= 11 is 0. The van der Waals surface area contributed by atoms with E-state index >= 15 is 0 Å². The van der Waals surface area contributed by atoms with Crippen LogP contribution in [0.1, 0.15) is 5.56 Å². The minimum absolute atomic E-state index is 0. The molecule has 88 valence electrons. The second kappa shape index (κ2) is 7.70. The van der Waals surface area contributed by atoms with Gasteiger partial charge in [0, 0.05) is 14.1 Å². The molecule has 1 rings (SSSR count). The van der Waals surface area contributed by atoms with Crippen LogP contribution in [0.15, 0.2) is 35.5 Å². The van der Waals surface area contributed by atoms with Crippen LogP contribution in [0.3, 0.4) is 0 Å². The highest BCUT2D eigenvalue weighted by Gasteiger charge is 1.93. The van der Waals surface area contributed by atoms with E-state index in [2.05, 4.69) is 5.16 Å². The van der Waals surface area contributed by atoms with E-state index in [1.54, 1.807) is 19.0 Å². The molecule has 16 heavy (non-hydrogen) atoms. The summed E-state index contributed by atoms with van der Waals surface area (Å²) in [5.41, 5.74) is 1.06. The molecular weight excluding hydrogens is 226 g/mol. The van der Waals surface area contributed by atoms with Gasteiger partial charge >= 0.3 is 0 Å². The summed E-state index contributed by atoms with van der Waals surface area (Å²) in [7, 11) is 3.57. The van der Waals surface area contributed by atoms with Gasteiger partial charge in [0.15, 0.2) is 0 Å². The summed E-state index contributed by atoms with van der Waals surface area (Å²) in [5.74, 6) is 0.308. The van der Waals surface area contributed by atoms with Gasteiger partial charge in [-0.2, -0.15) is 0 Å². The Kier molecular flexibility index (Phi) is 6.96. The first-order valence-electron chi connectivity index (χ1n) is 4.65. The minimum Gasteiger partial charge on any atom is -0.391 e. The quantitative estimate of drug-likeness (QED) is 0.499. The molecule has 4 nitrogen and oxygen atoms in total. The fraction of sp³-hybridized carbons (Fsp3) is 0.273. The van der Waals surface area contributed by atoms with Crippen molar-refractivity contribution in [3.63, 3.8) is 0 Å². The number of halogens is 1. The Bertz CT molecular complexity index is 338. The lowest BCUT2D eigenvalue weighted by Gasteiger charge is -2.07. The smallest absolute Gasteiger partial charge is 0.142 e. The van der Waals surface area contributed by atoms with Gasteiger partial charge in [-0.15, -0.1) is 12.4 Å². The van der Waals surface area contributed by atoms with E-state index in [4.69, 9.17) is 10.2 Å². The summed E-state index contributed by atoms with van der Waals surface area (Å²) < 4.78 is 0. The lowest BCUT2D eigenvalue weighted by molar-refractivity contribution is 0.132. The van der Waals surface area contributed by atoms with Gasteiger partial charge in [0.25, 0.3) is 0 Å². The maximum absolute atomic E-state index is 7.42. The third-order valence-corrected chi connectivity index (χ3v) is 1.81. The molecule has 0 radical (unpaired) electrons. The van der Waals surface area contributed by atoms with Crippen LogP contribution < -0.4 is 0 Å². The molecule has 0 fully saturated rings. The molecule has 0 aliphatic heterocycles. The van der Waals surface area contributed by atoms with E-state index in [0.29, 0.717) is 12.4 Å². The van der Waals surface area contributed by atoms with E-state index in [1.165, 1.54) is 6.21 Å². The molecule has 0 aliphatic carbocycles. The van der Waals surface area contributed by atoms with E-state index in [-0.39, 0.29) is 12.4 Å². The van der Waals surface area contributed by atoms with Crippen molar-refractivity contribution in [3.05, 3.63) is 35.9 Å². The SMILES string of the molecule is CN(C)C(=N)/C=N/OCc1ccccc1.Cl. The van der Waals surface area contributed by atoms with Gasteiger partial charge in [-0.3, -0.25) is 5.41 Å². The standard InChI is InChI=1S/C11H15N3O.ClH/c1-14(2)11(12)8-13-15-9-10-6-4-3-5-7-10;/h3-8,12H,9H2,1-2H3;1H/b12-11?,13-8+;. The topological polar surface area (TPSA) is 48.7 Å². The molecule has 0 saturated carbocycles. The molecule has 0 heterocycles. The van der Waals surface area contributed by atoms with E-state index < -0.39 is 0 Å². The number of oxime groups is 1. The van der Waals surface area contributed by atoms with Crippen molar-refractivity contribution >= 4 is 24.5 Å². The van der Waals surface area contributed by atoms with Crippen LogP contribution in [-0.2, 0) is 11.4 Å². The summed E-state index contributed by atoms with van der Waals surface area (Å²) in [5, 5.41) is 11.1. The zero-order chi connectivity index (χ0) is 11.1. The average molecular weight is 242 g/mol. The fourth-order valence-electron chi connectivity index (χ4n) is 0.889. The molecule has 0 unspecified atom stereocenters. The Morgan fingerprint density at radius 2 is 2.00 bits per heavy atom. The third-order valence-electron chi connectivity index (χ3n) is 1.81. The number of rotatable bonds is 4. The Morgan fingerprint density at radius 1 is 1.38 bits per heavy atom. The fourth-order valence-corrected chi connectivity index (χ4v) is 0.889. The first-order valence-corrected chi connectivity index (χ1v) is 4.65. The number of benzene rings is 1. The third kappa shape index (κ3) is 5.36. The Labute approximate surface area is 102 Å². The monoisotopic (exact) mass is 241 g/mol. The van der Waals surface area contributed by atoms with Gasteiger partial charge in [0.05, 0.1) is 0 Å². The maximum Gasteiger partial charge on any atom is 0.142 e. The highest BCUT2D eigenvalue weighted by Crippen LogP contribution is 1.99. The number of nitrogens with zero attached hydrogens (tertiary/aromatic N) is 2. The normalized spacial score (nSPS) is 9.62. The maximum atomic E-state index is 7.42. The van der Waals surface area contributed by atoms with Crippen LogP contribution >= 0.6 is 12.4 Å². The zero-order valence-electron chi connectivity index (χ0n) is 9.38. The van der Waals surface area contributed by atoms with Crippen molar-refractivity contribution in [3.8, 4) is 0 Å². The largest absolute Gasteiger partial charge is 0.391 e. The van der Waals surface area contributed by atoms with Crippen LogP contribution in [0.25, 0.3) is 0 Å². The van der Waals surface area contributed by atoms with Gasteiger partial charge in [0.2, 0.25) is 0 Å². The van der Waals surface area contributed by atoms with Gasteiger partial charge in [-0.25, -0.2) is 0 Å². The number of hydrogen-bond donors (Lipinski definition) is 1. The molecule has 1 aromatic rings. The van der Waals surface area contributed by atoms with E-state index in [9.17, 15) is 0 Å². The predicted octanol–water partition coefficient (Wildman–Crippen LogP) is 2.15. The van der Waals surface area contributed by atoms with Gasteiger partial charge in [0.1, 0.15) is 18.7 Å². The van der Waals surface area contributed by atoms with E-state index in [0.717, 1.165) is 5.56 Å².